The molecular formula is C23H27NO8. The normalized spacial score (nSPS) is 22.5. The van der Waals surface area contributed by atoms with Gasteiger partial charge < -0.3 is 29.2 Å². The summed E-state index contributed by atoms with van der Waals surface area (Å²) in [5, 5.41) is 23.3. The smallest absolute Gasteiger partial charge is 0.308 e. The quantitative estimate of drug-likeness (QED) is 0.387. The van der Waals surface area contributed by atoms with Gasteiger partial charge in [0.2, 0.25) is 0 Å². The molecule has 32 heavy (non-hydrogen) atoms. The molecule has 1 aliphatic rings. The van der Waals surface area contributed by atoms with Gasteiger partial charge in [0.05, 0.1) is 13.2 Å². The number of aliphatic hydroxyl groups is 2. The van der Waals surface area contributed by atoms with Gasteiger partial charge in [-0.2, -0.15) is 0 Å². The van der Waals surface area contributed by atoms with Crippen molar-refractivity contribution in [2.75, 3.05) is 6.61 Å². The van der Waals surface area contributed by atoms with Crippen LogP contribution in [0.5, 0.6) is 11.5 Å². The van der Waals surface area contributed by atoms with Gasteiger partial charge in [-0.3, -0.25) is 14.9 Å². The van der Waals surface area contributed by atoms with Crippen molar-refractivity contribution in [3.8, 4) is 11.5 Å². The second-order valence-corrected chi connectivity index (χ2v) is 7.33. The molecule has 1 saturated heterocycles. The number of benzene rings is 2. The molecule has 3 rings (SSSR count). The number of aliphatic hydroxyl groups excluding tert-OH is 2. The van der Waals surface area contributed by atoms with Crippen LogP contribution in [0.25, 0.3) is 0 Å². The lowest BCUT2D eigenvalue weighted by molar-refractivity contribution is -0.133. The molecule has 0 radical (unpaired) electrons. The number of esters is 2. The first-order valence-corrected chi connectivity index (χ1v) is 10.2. The van der Waals surface area contributed by atoms with Crippen LogP contribution in [0.3, 0.4) is 0 Å². The number of hydrogen-bond acceptors (Lipinski definition) is 9. The highest BCUT2D eigenvalue weighted by Gasteiger charge is 2.44. The Morgan fingerprint density at radius 3 is 2.12 bits per heavy atom. The highest BCUT2D eigenvalue weighted by Crippen LogP contribution is 2.27. The predicted octanol–water partition coefficient (Wildman–Crippen LogP) is 1.29. The van der Waals surface area contributed by atoms with Gasteiger partial charge in [0.25, 0.3) is 0 Å². The molecule has 1 heterocycles. The van der Waals surface area contributed by atoms with E-state index in [0.717, 1.165) is 0 Å². The van der Waals surface area contributed by atoms with E-state index in [1.165, 1.54) is 13.8 Å². The molecule has 2 aromatic rings. The molecule has 4 atom stereocenters. The zero-order valence-electron chi connectivity index (χ0n) is 17.9. The molecule has 0 aromatic heterocycles. The summed E-state index contributed by atoms with van der Waals surface area (Å²) in [5.41, 5.74) is 1.34. The van der Waals surface area contributed by atoms with Gasteiger partial charge in [-0.15, -0.1) is 0 Å². The third-order valence-corrected chi connectivity index (χ3v) is 4.89. The lowest BCUT2D eigenvalue weighted by Gasteiger charge is -2.23. The van der Waals surface area contributed by atoms with Crippen molar-refractivity contribution in [3.63, 3.8) is 0 Å². The van der Waals surface area contributed by atoms with Crippen LogP contribution in [0, 0.1) is 0 Å². The lowest BCUT2D eigenvalue weighted by atomic mass is 10.1. The van der Waals surface area contributed by atoms with Gasteiger partial charge >= 0.3 is 11.9 Å². The molecule has 0 bridgehead atoms. The molecule has 2 aromatic carbocycles. The van der Waals surface area contributed by atoms with Crippen LogP contribution < -0.4 is 14.8 Å². The van der Waals surface area contributed by atoms with Gasteiger partial charge in [-0.05, 0) is 12.1 Å². The summed E-state index contributed by atoms with van der Waals surface area (Å²) >= 11 is 0. The predicted molar refractivity (Wildman–Crippen MR) is 113 cm³/mol. The largest absolute Gasteiger partial charge is 0.426 e. The van der Waals surface area contributed by atoms with E-state index in [2.05, 4.69) is 5.32 Å². The second kappa shape index (κ2) is 11.2. The summed E-state index contributed by atoms with van der Waals surface area (Å²) in [6.07, 6.45) is -3.46. The van der Waals surface area contributed by atoms with Crippen molar-refractivity contribution in [1.29, 1.82) is 0 Å². The average molecular weight is 445 g/mol. The maximum Gasteiger partial charge on any atom is 0.308 e. The van der Waals surface area contributed by atoms with Gasteiger partial charge in [0.1, 0.15) is 36.0 Å². The Labute approximate surface area is 185 Å². The second-order valence-electron chi connectivity index (χ2n) is 7.33. The SMILES string of the molecule is CC(=O)Oc1ccccc1CNC1O[C@H](CO)[C@@H](O)[C@H]1OCc1ccccc1OC(C)=O. The number of rotatable bonds is 9. The fourth-order valence-corrected chi connectivity index (χ4v) is 3.42. The molecule has 0 amide bonds. The maximum atomic E-state index is 11.3. The molecule has 3 N–H and O–H groups in total. The Balaban J connectivity index is 1.70. The standard InChI is InChI=1S/C23H27NO8/c1-14(26)30-18-9-5-3-7-16(18)11-24-23-22(21(28)20(12-25)32-23)29-13-17-8-4-6-10-19(17)31-15(2)27/h3-10,20-25,28H,11-13H2,1-2H3/t20-,21-,22-,23?/m1/s1. The van der Waals surface area contributed by atoms with Crippen LogP contribution in [-0.2, 0) is 32.2 Å². The summed E-state index contributed by atoms with van der Waals surface area (Å²) in [6, 6.07) is 14.0. The Morgan fingerprint density at radius 1 is 0.969 bits per heavy atom. The van der Waals surface area contributed by atoms with E-state index in [4.69, 9.17) is 18.9 Å². The summed E-state index contributed by atoms with van der Waals surface area (Å²) in [4.78, 5) is 22.7. The molecular weight excluding hydrogens is 418 g/mol. The zero-order chi connectivity index (χ0) is 23.1. The monoisotopic (exact) mass is 445 g/mol. The molecule has 0 saturated carbocycles. The zero-order valence-corrected chi connectivity index (χ0v) is 17.9. The Bertz CT molecular complexity index is 934. The minimum Gasteiger partial charge on any atom is -0.426 e. The van der Waals surface area contributed by atoms with E-state index in [1.54, 1.807) is 42.5 Å². The summed E-state index contributed by atoms with van der Waals surface area (Å²) < 4.78 is 22.1. The third-order valence-electron chi connectivity index (χ3n) is 4.89. The van der Waals surface area contributed by atoms with Gasteiger partial charge in [-0.25, -0.2) is 0 Å². The van der Waals surface area contributed by atoms with Crippen molar-refractivity contribution >= 4 is 11.9 Å². The average Bonchev–Trinajstić information content (AvgIpc) is 3.06. The van der Waals surface area contributed by atoms with Crippen molar-refractivity contribution in [3.05, 3.63) is 59.7 Å². The third kappa shape index (κ3) is 6.12. The lowest BCUT2D eigenvalue weighted by Crippen LogP contribution is -2.42. The fraction of sp³-hybridized carbons (Fsp3) is 0.391. The van der Waals surface area contributed by atoms with Gasteiger partial charge in [0, 0.05) is 31.5 Å². The van der Waals surface area contributed by atoms with E-state index in [0.29, 0.717) is 22.6 Å². The number of nitrogens with one attached hydrogen (secondary N) is 1. The molecule has 1 fully saturated rings. The summed E-state index contributed by atoms with van der Waals surface area (Å²) in [5.74, 6) is -0.101. The molecule has 0 spiro atoms. The van der Waals surface area contributed by atoms with Crippen LogP contribution in [0.2, 0.25) is 0 Å². The maximum absolute atomic E-state index is 11.3. The molecule has 1 aliphatic heterocycles. The van der Waals surface area contributed by atoms with E-state index < -0.39 is 36.5 Å². The van der Waals surface area contributed by atoms with E-state index in [-0.39, 0.29) is 19.8 Å². The van der Waals surface area contributed by atoms with E-state index >= 15 is 0 Å². The Kier molecular flexibility index (Phi) is 8.32. The van der Waals surface area contributed by atoms with Crippen LogP contribution in [0.15, 0.2) is 48.5 Å². The van der Waals surface area contributed by atoms with Crippen LogP contribution >= 0.6 is 0 Å². The fourth-order valence-electron chi connectivity index (χ4n) is 3.42. The van der Waals surface area contributed by atoms with Crippen LogP contribution in [-0.4, -0.2) is 53.3 Å². The topological polar surface area (TPSA) is 124 Å². The number of carbonyl (C=O) groups is 2. The van der Waals surface area contributed by atoms with Crippen molar-refractivity contribution in [2.24, 2.45) is 0 Å². The van der Waals surface area contributed by atoms with Crippen LogP contribution in [0.1, 0.15) is 25.0 Å². The molecule has 1 unspecified atom stereocenters. The molecule has 9 nitrogen and oxygen atoms in total. The van der Waals surface area contributed by atoms with Crippen molar-refractivity contribution in [1.82, 2.24) is 5.32 Å². The molecule has 0 aliphatic carbocycles. The number of ether oxygens (including phenoxy) is 4. The first kappa shape index (κ1) is 23.8. The minimum atomic E-state index is -1.08. The van der Waals surface area contributed by atoms with Gasteiger partial charge in [-0.1, -0.05) is 36.4 Å². The first-order valence-electron chi connectivity index (χ1n) is 10.2. The first-order chi connectivity index (χ1) is 15.4. The number of carbonyl (C=O) groups excluding carboxylic acids is 2. The number of hydrogen-bond donors (Lipinski definition) is 3. The van der Waals surface area contributed by atoms with Crippen molar-refractivity contribution < 1.29 is 38.7 Å². The van der Waals surface area contributed by atoms with Crippen LogP contribution in [0.4, 0.5) is 0 Å². The van der Waals surface area contributed by atoms with Gasteiger partial charge in [0.15, 0.2) is 0 Å². The summed E-state index contributed by atoms with van der Waals surface area (Å²) in [6.45, 7) is 2.57. The summed E-state index contributed by atoms with van der Waals surface area (Å²) in [7, 11) is 0. The van der Waals surface area contributed by atoms with E-state index in [9.17, 15) is 19.8 Å². The molecule has 172 valence electrons. The Hall–Kier alpha value is -2.82. The number of para-hydroxylation sites is 2. The highest BCUT2D eigenvalue weighted by atomic mass is 16.6. The highest BCUT2D eigenvalue weighted by molar-refractivity contribution is 5.70. The Morgan fingerprint density at radius 2 is 1.53 bits per heavy atom. The van der Waals surface area contributed by atoms with E-state index in [1.807, 2.05) is 6.07 Å². The molecule has 9 heteroatoms. The minimum absolute atomic E-state index is 0.0505. The van der Waals surface area contributed by atoms with Crippen molar-refractivity contribution in [2.45, 2.75) is 51.5 Å².